The van der Waals surface area contributed by atoms with Gasteiger partial charge in [0.2, 0.25) is 0 Å². The lowest BCUT2D eigenvalue weighted by Crippen LogP contribution is -2.38. The Labute approximate surface area is 114 Å². The van der Waals surface area contributed by atoms with Gasteiger partial charge in [-0.25, -0.2) is 0 Å². The van der Waals surface area contributed by atoms with Crippen molar-refractivity contribution in [1.29, 1.82) is 5.26 Å². The highest BCUT2D eigenvalue weighted by atomic mass is 16.6. The van der Waals surface area contributed by atoms with Gasteiger partial charge >= 0.3 is 11.9 Å². The molecule has 0 rings (SSSR count). The predicted molar refractivity (Wildman–Crippen MR) is 70.0 cm³/mol. The molecule has 0 saturated heterocycles. The molecule has 5 heteroatoms. The van der Waals surface area contributed by atoms with E-state index in [9.17, 15) is 9.59 Å². The van der Waals surface area contributed by atoms with Gasteiger partial charge in [-0.3, -0.25) is 9.59 Å². The Kier molecular flexibility index (Phi) is 5.14. The molecule has 108 valence electrons. The minimum atomic E-state index is -1.53. The Hall–Kier alpha value is -1.57. The third-order valence-electron chi connectivity index (χ3n) is 2.01. The van der Waals surface area contributed by atoms with Crippen molar-refractivity contribution in [3.8, 4) is 6.07 Å². The van der Waals surface area contributed by atoms with Crippen molar-refractivity contribution in [3.63, 3.8) is 0 Å². The van der Waals surface area contributed by atoms with Gasteiger partial charge in [0.05, 0.1) is 12.5 Å². The van der Waals surface area contributed by atoms with Crippen LogP contribution in [0.1, 0.15) is 54.9 Å². The Morgan fingerprint density at radius 1 is 0.947 bits per heavy atom. The molecule has 1 unspecified atom stereocenters. The summed E-state index contributed by atoms with van der Waals surface area (Å²) in [5.41, 5.74) is -2.89. The molecular weight excluding hydrogens is 246 g/mol. The second kappa shape index (κ2) is 5.60. The van der Waals surface area contributed by atoms with E-state index < -0.39 is 28.6 Å². The van der Waals surface area contributed by atoms with Crippen LogP contribution in [0.25, 0.3) is 0 Å². The maximum atomic E-state index is 12.0. The van der Waals surface area contributed by atoms with Crippen LogP contribution < -0.4 is 0 Å². The molecular formula is C14H23NO4. The molecule has 0 radical (unpaired) electrons. The third kappa shape index (κ3) is 6.80. The Balaban J connectivity index is 4.86. The van der Waals surface area contributed by atoms with Gasteiger partial charge in [-0.2, -0.15) is 5.26 Å². The molecule has 0 aromatic carbocycles. The largest absolute Gasteiger partial charge is 0.460 e. The Morgan fingerprint density at radius 3 is 1.68 bits per heavy atom. The summed E-state index contributed by atoms with van der Waals surface area (Å²) in [5, 5.41) is 9.14. The standard InChI is InChI=1S/C14H23NO4/c1-12(2,3)18-10(16)8-14(7,9-15)11(17)19-13(4,5)6/h8H2,1-7H3. The molecule has 0 fully saturated rings. The van der Waals surface area contributed by atoms with Crippen LogP contribution in [0.15, 0.2) is 0 Å². The van der Waals surface area contributed by atoms with Gasteiger partial charge in [0.15, 0.2) is 5.41 Å². The minimum absolute atomic E-state index is 0.324. The SMILES string of the molecule is CC(C)(C)OC(=O)CC(C)(C#N)C(=O)OC(C)(C)C. The van der Waals surface area contributed by atoms with E-state index in [1.54, 1.807) is 41.5 Å². The van der Waals surface area contributed by atoms with E-state index in [4.69, 9.17) is 14.7 Å². The molecule has 0 saturated carbocycles. The fourth-order valence-electron chi connectivity index (χ4n) is 1.21. The molecule has 0 aromatic heterocycles. The maximum Gasteiger partial charge on any atom is 0.327 e. The number of ether oxygens (including phenoxy) is 2. The zero-order valence-electron chi connectivity index (χ0n) is 12.8. The van der Waals surface area contributed by atoms with E-state index in [0.717, 1.165) is 0 Å². The molecule has 0 aliphatic heterocycles. The molecule has 0 amide bonds. The van der Waals surface area contributed by atoms with Crippen LogP contribution in [0, 0.1) is 16.7 Å². The highest BCUT2D eigenvalue weighted by molar-refractivity contribution is 5.86. The van der Waals surface area contributed by atoms with Crippen molar-refractivity contribution in [2.75, 3.05) is 0 Å². The van der Waals surface area contributed by atoms with Crippen LogP contribution in [0.5, 0.6) is 0 Å². The van der Waals surface area contributed by atoms with Gasteiger partial charge in [-0.1, -0.05) is 0 Å². The summed E-state index contributed by atoms with van der Waals surface area (Å²) < 4.78 is 10.3. The number of esters is 2. The normalized spacial score (nSPS) is 15.1. The number of rotatable bonds is 3. The van der Waals surface area contributed by atoms with E-state index >= 15 is 0 Å². The first kappa shape index (κ1) is 17.4. The third-order valence-corrected chi connectivity index (χ3v) is 2.01. The molecule has 0 aliphatic carbocycles. The van der Waals surface area contributed by atoms with E-state index in [0.29, 0.717) is 0 Å². The summed E-state index contributed by atoms with van der Waals surface area (Å²) in [4.78, 5) is 23.7. The summed E-state index contributed by atoms with van der Waals surface area (Å²) in [6.07, 6.45) is -0.324. The predicted octanol–water partition coefficient (Wildman–Crippen LogP) is 2.59. The van der Waals surface area contributed by atoms with Crippen molar-refractivity contribution >= 4 is 11.9 Å². The molecule has 1 atom stereocenters. The summed E-state index contributed by atoms with van der Waals surface area (Å²) in [6, 6.07) is 1.84. The van der Waals surface area contributed by atoms with Crippen LogP contribution in [0.2, 0.25) is 0 Å². The molecule has 0 heterocycles. The second-order valence-electron chi connectivity index (χ2n) is 6.71. The number of carbonyl (C=O) groups is 2. The van der Waals surface area contributed by atoms with Crippen molar-refractivity contribution < 1.29 is 19.1 Å². The lowest BCUT2D eigenvalue weighted by Gasteiger charge is -2.27. The smallest absolute Gasteiger partial charge is 0.327 e. The molecule has 5 nitrogen and oxygen atoms in total. The fourth-order valence-corrected chi connectivity index (χ4v) is 1.21. The van der Waals surface area contributed by atoms with Gasteiger partial charge in [0.25, 0.3) is 0 Å². The van der Waals surface area contributed by atoms with Crippen LogP contribution in [-0.2, 0) is 19.1 Å². The number of carbonyl (C=O) groups excluding carboxylic acids is 2. The average Bonchev–Trinajstić information content (AvgIpc) is 2.11. The van der Waals surface area contributed by atoms with Gasteiger partial charge < -0.3 is 9.47 Å². The highest BCUT2D eigenvalue weighted by Gasteiger charge is 2.40. The monoisotopic (exact) mass is 269 g/mol. The average molecular weight is 269 g/mol. The summed E-state index contributed by atoms with van der Waals surface area (Å²) >= 11 is 0. The zero-order chi connectivity index (χ0) is 15.5. The summed E-state index contributed by atoms with van der Waals surface area (Å²) in [5.74, 6) is -1.31. The van der Waals surface area contributed by atoms with Crippen LogP contribution >= 0.6 is 0 Å². The molecule has 0 aromatic rings. The summed E-state index contributed by atoms with van der Waals surface area (Å²) in [6.45, 7) is 11.7. The van der Waals surface area contributed by atoms with Crippen LogP contribution in [0.4, 0.5) is 0 Å². The minimum Gasteiger partial charge on any atom is -0.460 e. The lowest BCUT2D eigenvalue weighted by atomic mass is 9.88. The topological polar surface area (TPSA) is 76.4 Å². The van der Waals surface area contributed by atoms with E-state index in [1.807, 2.05) is 6.07 Å². The zero-order valence-corrected chi connectivity index (χ0v) is 12.8. The van der Waals surface area contributed by atoms with Crippen molar-refractivity contribution in [2.24, 2.45) is 5.41 Å². The van der Waals surface area contributed by atoms with Crippen molar-refractivity contribution in [2.45, 2.75) is 66.1 Å². The van der Waals surface area contributed by atoms with E-state index in [-0.39, 0.29) is 6.42 Å². The van der Waals surface area contributed by atoms with Gasteiger partial charge in [-0.05, 0) is 48.5 Å². The molecule has 0 spiro atoms. The first-order valence-corrected chi connectivity index (χ1v) is 6.16. The number of hydrogen-bond acceptors (Lipinski definition) is 5. The van der Waals surface area contributed by atoms with Gasteiger partial charge in [-0.15, -0.1) is 0 Å². The molecule has 0 bridgehead atoms. The summed E-state index contributed by atoms with van der Waals surface area (Å²) in [7, 11) is 0. The van der Waals surface area contributed by atoms with Crippen molar-refractivity contribution in [3.05, 3.63) is 0 Å². The highest BCUT2D eigenvalue weighted by Crippen LogP contribution is 2.26. The number of nitrogens with zero attached hydrogens (tertiary/aromatic N) is 1. The Bertz CT molecular complexity index is 395. The second-order valence-corrected chi connectivity index (χ2v) is 6.71. The fraction of sp³-hybridized carbons (Fsp3) is 0.786. The van der Waals surface area contributed by atoms with E-state index in [1.165, 1.54) is 6.92 Å². The van der Waals surface area contributed by atoms with Crippen LogP contribution in [-0.4, -0.2) is 23.1 Å². The van der Waals surface area contributed by atoms with Crippen molar-refractivity contribution in [1.82, 2.24) is 0 Å². The van der Waals surface area contributed by atoms with E-state index in [2.05, 4.69) is 0 Å². The van der Waals surface area contributed by atoms with Gasteiger partial charge in [0.1, 0.15) is 11.2 Å². The molecule has 0 N–H and O–H groups in total. The first-order chi connectivity index (χ1) is 8.29. The lowest BCUT2D eigenvalue weighted by molar-refractivity contribution is -0.170. The number of nitriles is 1. The van der Waals surface area contributed by atoms with Gasteiger partial charge in [0, 0.05) is 0 Å². The maximum absolute atomic E-state index is 12.0. The first-order valence-electron chi connectivity index (χ1n) is 6.16. The Morgan fingerprint density at radius 2 is 1.37 bits per heavy atom. The number of hydrogen-bond donors (Lipinski definition) is 0. The quantitative estimate of drug-likeness (QED) is 0.736. The molecule has 19 heavy (non-hydrogen) atoms. The van der Waals surface area contributed by atoms with Crippen LogP contribution in [0.3, 0.4) is 0 Å². The molecule has 0 aliphatic rings.